The van der Waals surface area contributed by atoms with Crippen LogP contribution in [0, 0.1) is 0 Å². The van der Waals surface area contributed by atoms with Crippen molar-refractivity contribution in [3.8, 4) is 0 Å². The minimum atomic E-state index is -0.608. The highest BCUT2D eigenvalue weighted by Gasteiger charge is 2.34. The van der Waals surface area contributed by atoms with Crippen molar-refractivity contribution < 1.29 is 19.2 Å². The summed E-state index contributed by atoms with van der Waals surface area (Å²) < 4.78 is 0. The summed E-state index contributed by atoms with van der Waals surface area (Å²) in [4.78, 5) is 52.5. The summed E-state index contributed by atoms with van der Waals surface area (Å²) in [5.41, 5.74) is 5.89. The third-order valence-corrected chi connectivity index (χ3v) is 4.59. The molecule has 1 aliphatic rings. The number of anilines is 1. The number of carbonyl (C=O) groups is 4. The van der Waals surface area contributed by atoms with Gasteiger partial charge in [-0.2, -0.15) is 0 Å². The number of nitrogens with zero attached hydrogens (tertiary/aromatic N) is 2. The monoisotopic (exact) mass is 358 g/mol. The molecule has 2 heterocycles. The Kier molecular flexibility index (Phi) is 4.57. The second-order valence-corrected chi connectivity index (χ2v) is 6.38. The van der Waals surface area contributed by atoms with Gasteiger partial charge < -0.3 is 11.1 Å². The zero-order chi connectivity index (χ0) is 18.0. The van der Waals surface area contributed by atoms with Gasteiger partial charge in [-0.15, -0.1) is 0 Å². The number of amides is 4. The number of fused-ring (bicyclic) bond motifs is 1. The van der Waals surface area contributed by atoms with Crippen LogP contribution in [0.3, 0.4) is 0 Å². The minimum Gasteiger partial charge on any atom is -0.365 e. The number of rotatable bonds is 6. The molecular weight excluding hydrogens is 344 g/mol. The van der Waals surface area contributed by atoms with Crippen LogP contribution in [0.4, 0.5) is 5.13 Å². The Balaban J connectivity index is 1.51. The fraction of sp³-hybridized carbons (Fsp3) is 0.188. The largest absolute Gasteiger partial charge is 0.365 e. The molecule has 1 aliphatic heterocycles. The molecule has 0 bridgehead atoms. The predicted molar refractivity (Wildman–Crippen MR) is 90.3 cm³/mol. The summed E-state index contributed by atoms with van der Waals surface area (Å²) in [7, 11) is 0. The highest BCUT2D eigenvalue weighted by molar-refractivity contribution is 7.17. The maximum Gasteiger partial charge on any atom is 0.261 e. The smallest absolute Gasteiger partial charge is 0.261 e. The van der Waals surface area contributed by atoms with Gasteiger partial charge in [0.25, 0.3) is 17.7 Å². The van der Waals surface area contributed by atoms with E-state index >= 15 is 0 Å². The molecule has 4 amide bonds. The molecule has 0 saturated heterocycles. The van der Waals surface area contributed by atoms with Gasteiger partial charge >= 0.3 is 0 Å². The van der Waals surface area contributed by atoms with E-state index < -0.39 is 5.91 Å². The van der Waals surface area contributed by atoms with Gasteiger partial charge in [-0.3, -0.25) is 24.1 Å². The van der Waals surface area contributed by atoms with Crippen LogP contribution in [0.2, 0.25) is 0 Å². The van der Waals surface area contributed by atoms with Crippen LogP contribution >= 0.6 is 11.3 Å². The van der Waals surface area contributed by atoms with Gasteiger partial charge in [0.05, 0.1) is 17.3 Å². The number of aromatic nitrogens is 1. The molecule has 3 N–H and O–H groups in total. The first-order chi connectivity index (χ1) is 12.0. The summed E-state index contributed by atoms with van der Waals surface area (Å²) in [6.45, 7) is 0.157. The molecule has 8 nitrogen and oxygen atoms in total. The standard InChI is InChI=1S/C16H14N4O4S/c17-13(22)11-8-18-16(25-11)19-12(21)6-3-7-20-14(23)9-4-1-2-5-10(9)15(20)24/h1-2,4-5,8H,3,6-7H2,(H2,17,22)(H,18,19,21). The van der Waals surface area contributed by atoms with E-state index in [1.54, 1.807) is 24.3 Å². The Morgan fingerprint density at radius 1 is 1.16 bits per heavy atom. The molecule has 0 unspecified atom stereocenters. The lowest BCUT2D eigenvalue weighted by Crippen LogP contribution is -2.31. The number of nitrogens with two attached hydrogens (primary N) is 1. The van der Waals surface area contributed by atoms with Crippen molar-refractivity contribution in [2.24, 2.45) is 5.73 Å². The maximum absolute atomic E-state index is 12.2. The minimum absolute atomic E-state index is 0.110. The second kappa shape index (κ2) is 6.81. The van der Waals surface area contributed by atoms with E-state index in [-0.39, 0.29) is 40.7 Å². The van der Waals surface area contributed by atoms with Crippen molar-refractivity contribution in [1.29, 1.82) is 0 Å². The maximum atomic E-state index is 12.2. The zero-order valence-electron chi connectivity index (χ0n) is 13.0. The van der Waals surface area contributed by atoms with E-state index in [1.165, 1.54) is 6.20 Å². The molecule has 9 heteroatoms. The van der Waals surface area contributed by atoms with Crippen molar-refractivity contribution in [1.82, 2.24) is 9.88 Å². The fourth-order valence-corrected chi connectivity index (χ4v) is 3.15. The van der Waals surface area contributed by atoms with Crippen LogP contribution in [0.25, 0.3) is 0 Å². The van der Waals surface area contributed by atoms with Crippen LogP contribution in [0.1, 0.15) is 43.2 Å². The summed E-state index contributed by atoms with van der Waals surface area (Å²) in [5, 5.41) is 2.83. The van der Waals surface area contributed by atoms with Crippen molar-refractivity contribution in [3.63, 3.8) is 0 Å². The summed E-state index contributed by atoms with van der Waals surface area (Å²) >= 11 is 0.984. The molecule has 0 saturated carbocycles. The number of imide groups is 1. The van der Waals surface area contributed by atoms with E-state index in [9.17, 15) is 19.2 Å². The highest BCUT2D eigenvalue weighted by Crippen LogP contribution is 2.23. The van der Waals surface area contributed by atoms with Crippen molar-refractivity contribution in [3.05, 3.63) is 46.5 Å². The third-order valence-electron chi connectivity index (χ3n) is 3.66. The summed E-state index contributed by atoms with van der Waals surface area (Å²) in [6, 6.07) is 6.63. The van der Waals surface area contributed by atoms with Crippen molar-refractivity contribution in [2.75, 3.05) is 11.9 Å². The average Bonchev–Trinajstić information content (AvgIpc) is 3.14. The van der Waals surface area contributed by atoms with E-state index in [2.05, 4.69) is 10.3 Å². The molecule has 0 atom stereocenters. The molecule has 25 heavy (non-hydrogen) atoms. The predicted octanol–water partition coefficient (Wildman–Crippen LogP) is 1.26. The lowest BCUT2D eigenvalue weighted by atomic mass is 10.1. The number of primary amides is 1. The van der Waals surface area contributed by atoms with Crippen LogP contribution in [0.5, 0.6) is 0 Å². The number of hydrogen-bond donors (Lipinski definition) is 2. The quantitative estimate of drug-likeness (QED) is 0.753. The first-order valence-corrected chi connectivity index (χ1v) is 8.29. The van der Waals surface area contributed by atoms with Gasteiger partial charge in [-0.1, -0.05) is 23.5 Å². The van der Waals surface area contributed by atoms with E-state index in [0.29, 0.717) is 17.5 Å². The van der Waals surface area contributed by atoms with Gasteiger partial charge in [-0.05, 0) is 18.6 Å². The van der Waals surface area contributed by atoms with Crippen LogP contribution in [-0.4, -0.2) is 40.1 Å². The molecule has 0 aliphatic carbocycles. The van der Waals surface area contributed by atoms with Gasteiger partial charge in [-0.25, -0.2) is 4.98 Å². The number of thiazole rings is 1. The Bertz CT molecular complexity index is 842. The Morgan fingerprint density at radius 3 is 2.36 bits per heavy atom. The molecule has 1 aromatic carbocycles. The Labute approximate surface area is 146 Å². The molecule has 0 spiro atoms. The number of hydrogen-bond acceptors (Lipinski definition) is 6. The Morgan fingerprint density at radius 2 is 1.80 bits per heavy atom. The molecular formula is C16H14N4O4S. The molecule has 2 aromatic rings. The highest BCUT2D eigenvalue weighted by atomic mass is 32.1. The van der Waals surface area contributed by atoms with Crippen LogP contribution in [-0.2, 0) is 4.79 Å². The van der Waals surface area contributed by atoms with Crippen molar-refractivity contribution in [2.45, 2.75) is 12.8 Å². The van der Waals surface area contributed by atoms with Gasteiger partial charge in [0.2, 0.25) is 5.91 Å². The molecule has 128 valence electrons. The van der Waals surface area contributed by atoms with E-state index in [1.807, 2.05) is 0 Å². The lowest BCUT2D eigenvalue weighted by Gasteiger charge is -2.13. The second-order valence-electron chi connectivity index (χ2n) is 5.35. The van der Waals surface area contributed by atoms with Gasteiger partial charge in [0, 0.05) is 13.0 Å². The first-order valence-electron chi connectivity index (χ1n) is 7.48. The summed E-state index contributed by atoms with van der Waals surface area (Å²) in [6.07, 6.45) is 1.73. The fourth-order valence-electron chi connectivity index (χ4n) is 2.47. The topological polar surface area (TPSA) is 122 Å². The first kappa shape index (κ1) is 16.8. The SMILES string of the molecule is NC(=O)c1cnc(NC(=O)CCCN2C(=O)c3ccccc3C2=O)s1. The molecule has 3 rings (SSSR count). The zero-order valence-corrected chi connectivity index (χ0v) is 13.8. The molecule has 0 fully saturated rings. The number of benzene rings is 1. The van der Waals surface area contributed by atoms with Crippen LogP contribution in [0.15, 0.2) is 30.5 Å². The molecule has 0 radical (unpaired) electrons. The number of carbonyl (C=O) groups excluding carboxylic acids is 4. The van der Waals surface area contributed by atoms with Gasteiger partial charge in [0.1, 0.15) is 4.88 Å². The normalized spacial score (nSPS) is 13.0. The van der Waals surface area contributed by atoms with E-state index in [4.69, 9.17) is 5.73 Å². The summed E-state index contributed by atoms with van der Waals surface area (Å²) in [5.74, 6) is -1.61. The van der Waals surface area contributed by atoms with E-state index in [0.717, 1.165) is 16.2 Å². The lowest BCUT2D eigenvalue weighted by molar-refractivity contribution is -0.116. The van der Waals surface area contributed by atoms with Gasteiger partial charge in [0.15, 0.2) is 5.13 Å². The third kappa shape index (κ3) is 3.41. The van der Waals surface area contributed by atoms with Crippen LogP contribution < -0.4 is 11.1 Å². The average molecular weight is 358 g/mol. The Hall–Kier alpha value is -3.07. The molecule has 1 aromatic heterocycles. The number of nitrogens with one attached hydrogen (secondary N) is 1. The van der Waals surface area contributed by atoms with Crippen molar-refractivity contribution >= 4 is 40.1 Å².